The molecule has 0 aromatic heterocycles. The van der Waals surface area contributed by atoms with E-state index in [9.17, 15) is 9.59 Å². The van der Waals surface area contributed by atoms with E-state index in [0.717, 1.165) is 12.3 Å². The second-order valence-corrected chi connectivity index (χ2v) is 6.35. The Labute approximate surface area is 124 Å². The van der Waals surface area contributed by atoms with Crippen LogP contribution in [0.3, 0.4) is 0 Å². The normalized spacial score (nSPS) is 26.8. The number of benzene rings is 1. The smallest absolute Gasteiger partial charge is 0.323 e. The topological polar surface area (TPSA) is 57.6 Å². The number of carbonyl (C=O) groups is 2. The van der Waals surface area contributed by atoms with Gasteiger partial charge in [-0.2, -0.15) is 0 Å². The second kappa shape index (κ2) is 5.88. The van der Waals surface area contributed by atoms with Gasteiger partial charge >= 0.3 is 5.97 Å². The molecule has 1 aromatic carbocycles. The standard InChI is InChI=1S/C17H21NO3/c19-16(10-14-9-12-6-7-13(14)8-12)18(11-17(20)21)15-4-2-1-3-5-15/h1-5,12-14H,6-11H2,(H,20,21). The molecule has 112 valence electrons. The van der Waals surface area contributed by atoms with Crippen molar-refractivity contribution in [3.8, 4) is 0 Å². The molecule has 2 fully saturated rings. The summed E-state index contributed by atoms with van der Waals surface area (Å²) in [6, 6.07) is 9.11. The highest BCUT2D eigenvalue weighted by atomic mass is 16.4. The van der Waals surface area contributed by atoms with Crippen molar-refractivity contribution in [1.82, 2.24) is 0 Å². The number of nitrogens with zero attached hydrogens (tertiary/aromatic N) is 1. The van der Waals surface area contributed by atoms with E-state index in [1.807, 2.05) is 18.2 Å². The van der Waals surface area contributed by atoms with Gasteiger partial charge in [-0.05, 0) is 49.1 Å². The molecule has 1 aromatic rings. The number of hydrogen-bond donors (Lipinski definition) is 1. The van der Waals surface area contributed by atoms with Crippen molar-refractivity contribution >= 4 is 17.6 Å². The van der Waals surface area contributed by atoms with Gasteiger partial charge in [-0.1, -0.05) is 24.6 Å². The molecule has 0 aliphatic heterocycles. The van der Waals surface area contributed by atoms with Gasteiger partial charge in [-0.3, -0.25) is 9.59 Å². The number of carboxylic acids is 1. The van der Waals surface area contributed by atoms with Crippen molar-refractivity contribution in [2.24, 2.45) is 17.8 Å². The molecule has 2 aliphatic carbocycles. The lowest BCUT2D eigenvalue weighted by Gasteiger charge is -2.26. The SMILES string of the molecule is O=C(O)CN(C(=O)CC1CC2CCC1C2)c1ccccc1. The summed E-state index contributed by atoms with van der Waals surface area (Å²) in [6.45, 7) is -0.260. The third-order valence-electron chi connectivity index (χ3n) is 4.98. The van der Waals surface area contributed by atoms with E-state index in [-0.39, 0.29) is 12.5 Å². The van der Waals surface area contributed by atoms with E-state index in [1.165, 1.54) is 24.2 Å². The third kappa shape index (κ3) is 3.09. The van der Waals surface area contributed by atoms with Crippen LogP contribution in [0.25, 0.3) is 0 Å². The highest BCUT2D eigenvalue weighted by Crippen LogP contribution is 2.49. The first-order valence-corrected chi connectivity index (χ1v) is 7.70. The molecule has 0 radical (unpaired) electrons. The maximum absolute atomic E-state index is 12.6. The minimum atomic E-state index is -0.972. The Balaban J connectivity index is 1.70. The lowest BCUT2D eigenvalue weighted by Crippen LogP contribution is -2.37. The van der Waals surface area contributed by atoms with Crippen LogP contribution >= 0.6 is 0 Å². The molecule has 3 atom stereocenters. The summed E-state index contributed by atoms with van der Waals surface area (Å²) >= 11 is 0. The maximum Gasteiger partial charge on any atom is 0.323 e. The Morgan fingerprint density at radius 3 is 2.48 bits per heavy atom. The van der Waals surface area contributed by atoms with Crippen LogP contribution in [-0.2, 0) is 9.59 Å². The Hall–Kier alpha value is -1.84. The fourth-order valence-electron chi connectivity index (χ4n) is 4.03. The summed E-state index contributed by atoms with van der Waals surface area (Å²) in [6.07, 6.45) is 5.46. The lowest BCUT2D eigenvalue weighted by atomic mass is 9.86. The molecule has 0 heterocycles. The third-order valence-corrected chi connectivity index (χ3v) is 4.98. The molecular weight excluding hydrogens is 266 g/mol. The van der Waals surface area contributed by atoms with E-state index in [2.05, 4.69) is 0 Å². The first-order valence-electron chi connectivity index (χ1n) is 7.70. The quantitative estimate of drug-likeness (QED) is 0.906. The molecule has 1 amide bonds. The van der Waals surface area contributed by atoms with Crippen LogP contribution in [0.1, 0.15) is 32.1 Å². The monoisotopic (exact) mass is 287 g/mol. The molecular formula is C17H21NO3. The molecule has 2 bridgehead atoms. The average molecular weight is 287 g/mol. The molecule has 0 saturated heterocycles. The van der Waals surface area contributed by atoms with Crippen molar-refractivity contribution < 1.29 is 14.7 Å². The number of fused-ring (bicyclic) bond motifs is 2. The maximum atomic E-state index is 12.6. The number of carboxylic acid groups (broad SMARTS) is 1. The first kappa shape index (κ1) is 14.1. The van der Waals surface area contributed by atoms with E-state index in [0.29, 0.717) is 23.9 Å². The van der Waals surface area contributed by atoms with Crippen LogP contribution in [0.2, 0.25) is 0 Å². The van der Waals surface area contributed by atoms with E-state index in [4.69, 9.17) is 5.11 Å². The minimum absolute atomic E-state index is 0.0545. The molecule has 4 nitrogen and oxygen atoms in total. The predicted molar refractivity (Wildman–Crippen MR) is 80.0 cm³/mol. The summed E-state index contributed by atoms with van der Waals surface area (Å²) in [7, 11) is 0. The number of hydrogen-bond acceptors (Lipinski definition) is 2. The highest BCUT2D eigenvalue weighted by Gasteiger charge is 2.40. The van der Waals surface area contributed by atoms with Crippen LogP contribution in [-0.4, -0.2) is 23.5 Å². The Morgan fingerprint density at radius 2 is 1.90 bits per heavy atom. The van der Waals surface area contributed by atoms with Gasteiger partial charge in [0.2, 0.25) is 5.91 Å². The van der Waals surface area contributed by atoms with E-state index in [1.54, 1.807) is 12.1 Å². The largest absolute Gasteiger partial charge is 0.480 e. The first-order chi connectivity index (χ1) is 10.1. The fourth-order valence-corrected chi connectivity index (χ4v) is 4.03. The Morgan fingerprint density at radius 1 is 1.14 bits per heavy atom. The van der Waals surface area contributed by atoms with Gasteiger partial charge in [-0.25, -0.2) is 0 Å². The highest BCUT2D eigenvalue weighted by molar-refractivity contribution is 5.97. The van der Waals surface area contributed by atoms with Crippen LogP contribution in [0.15, 0.2) is 30.3 Å². The van der Waals surface area contributed by atoms with Gasteiger partial charge < -0.3 is 10.0 Å². The van der Waals surface area contributed by atoms with Crippen molar-refractivity contribution in [2.45, 2.75) is 32.1 Å². The minimum Gasteiger partial charge on any atom is -0.480 e. The van der Waals surface area contributed by atoms with Crippen molar-refractivity contribution in [3.05, 3.63) is 30.3 Å². The molecule has 0 spiro atoms. The van der Waals surface area contributed by atoms with Gasteiger partial charge in [-0.15, -0.1) is 0 Å². The van der Waals surface area contributed by atoms with Crippen LogP contribution in [0, 0.1) is 17.8 Å². The van der Waals surface area contributed by atoms with Gasteiger partial charge in [0.15, 0.2) is 0 Å². The van der Waals surface area contributed by atoms with Crippen molar-refractivity contribution in [1.29, 1.82) is 0 Å². The fraction of sp³-hybridized carbons (Fsp3) is 0.529. The Bertz CT molecular complexity index is 528. The van der Waals surface area contributed by atoms with E-state index >= 15 is 0 Å². The zero-order valence-corrected chi connectivity index (χ0v) is 12.1. The van der Waals surface area contributed by atoms with Gasteiger partial charge in [0, 0.05) is 12.1 Å². The molecule has 3 rings (SSSR count). The molecule has 2 aliphatic rings. The summed E-state index contributed by atoms with van der Waals surface area (Å²) in [4.78, 5) is 25.0. The number of para-hydroxylation sites is 1. The number of rotatable bonds is 5. The zero-order valence-electron chi connectivity index (χ0n) is 12.1. The van der Waals surface area contributed by atoms with Gasteiger partial charge in [0.05, 0.1) is 0 Å². The summed E-state index contributed by atoms with van der Waals surface area (Å²) < 4.78 is 0. The second-order valence-electron chi connectivity index (χ2n) is 6.35. The zero-order chi connectivity index (χ0) is 14.8. The summed E-state index contributed by atoms with van der Waals surface area (Å²) in [5, 5.41) is 9.07. The number of aliphatic carboxylic acids is 1. The molecule has 3 unspecified atom stereocenters. The van der Waals surface area contributed by atoms with Crippen molar-refractivity contribution in [3.63, 3.8) is 0 Å². The van der Waals surface area contributed by atoms with Gasteiger partial charge in [0.1, 0.15) is 6.54 Å². The average Bonchev–Trinajstić information content (AvgIpc) is 3.08. The summed E-state index contributed by atoms with van der Waals surface area (Å²) in [5.74, 6) is 0.913. The molecule has 2 saturated carbocycles. The van der Waals surface area contributed by atoms with Crippen LogP contribution in [0.4, 0.5) is 5.69 Å². The van der Waals surface area contributed by atoms with Crippen LogP contribution < -0.4 is 4.90 Å². The summed E-state index contributed by atoms with van der Waals surface area (Å²) in [5.41, 5.74) is 0.674. The van der Waals surface area contributed by atoms with Gasteiger partial charge in [0.25, 0.3) is 0 Å². The number of amides is 1. The molecule has 1 N–H and O–H groups in total. The molecule has 21 heavy (non-hydrogen) atoms. The number of carbonyl (C=O) groups excluding carboxylic acids is 1. The predicted octanol–water partition coefficient (Wildman–Crippen LogP) is 2.93. The molecule has 4 heteroatoms. The van der Waals surface area contributed by atoms with Crippen molar-refractivity contribution in [2.75, 3.05) is 11.4 Å². The Kier molecular flexibility index (Phi) is 3.95. The lowest BCUT2D eigenvalue weighted by molar-refractivity contribution is -0.136. The van der Waals surface area contributed by atoms with Crippen LogP contribution in [0.5, 0.6) is 0 Å². The number of anilines is 1. The van der Waals surface area contributed by atoms with E-state index < -0.39 is 5.97 Å².